The average molecular weight is 290 g/mol. The van der Waals surface area contributed by atoms with Gasteiger partial charge in [0.15, 0.2) is 0 Å². The summed E-state index contributed by atoms with van der Waals surface area (Å²) in [6.07, 6.45) is 1.17. The fourth-order valence-electron chi connectivity index (χ4n) is 2.01. The number of hydrogen-bond donors (Lipinski definition) is 2. The van der Waals surface area contributed by atoms with Crippen LogP contribution in [0, 0.1) is 0 Å². The van der Waals surface area contributed by atoms with Gasteiger partial charge in [0.1, 0.15) is 4.21 Å². The van der Waals surface area contributed by atoms with E-state index in [0.29, 0.717) is 30.1 Å². The third-order valence-corrected chi connectivity index (χ3v) is 6.50. The van der Waals surface area contributed by atoms with Crippen molar-refractivity contribution >= 4 is 21.4 Å². The lowest BCUT2D eigenvalue weighted by atomic mass is 10.1. The van der Waals surface area contributed by atoms with Crippen molar-refractivity contribution in [3.63, 3.8) is 0 Å². The topological polar surface area (TPSA) is 83.6 Å². The summed E-state index contributed by atoms with van der Waals surface area (Å²) >= 11 is 1.26. The molecule has 1 unspecified atom stereocenters. The van der Waals surface area contributed by atoms with E-state index >= 15 is 0 Å². The third-order valence-electron chi connectivity index (χ3n) is 3.04. The second-order valence-electron chi connectivity index (χ2n) is 4.84. The number of sulfonamides is 1. The van der Waals surface area contributed by atoms with Crippen LogP contribution in [0.1, 0.15) is 18.2 Å². The van der Waals surface area contributed by atoms with Gasteiger partial charge in [-0.3, -0.25) is 0 Å². The molecule has 102 valence electrons. The van der Waals surface area contributed by atoms with Gasteiger partial charge in [-0.2, -0.15) is 4.31 Å². The van der Waals surface area contributed by atoms with E-state index in [1.54, 1.807) is 19.1 Å². The van der Waals surface area contributed by atoms with Crippen LogP contribution >= 0.6 is 11.3 Å². The molecule has 0 radical (unpaired) electrons. The van der Waals surface area contributed by atoms with Crippen LogP contribution in [-0.4, -0.2) is 43.1 Å². The molecule has 2 rings (SSSR count). The monoisotopic (exact) mass is 290 g/mol. The van der Waals surface area contributed by atoms with Crippen LogP contribution in [0.15, 0.2) is 16.3 Å². The van der Waals surface area contributed by atoms with Gasteiger partial charge in [0.2, 0.25) is 0 Å². The summed E-state index contributed by atoms with van der Waals surface area (Å²) in [6, 6.07) is 3.43. The van der Waals surface area contributed by atoms with E-state index in [9.17, 15) is 13.5 Å². The zero-order valence-corrected chi connectivity index (χ0v) is 11.9. The molecule has 5 nitrogen and oxygen atoms in total. The second kappa shape index (κ2) is 4.90. The standard InChI is InChI=1S/C11H18N2O3S2/c1-11(14)5-7-13(8-11)18(15,16)10-3-2-9(17-10)4-6-12/h2-3,14H,4-8,12H2,1H3. The Morgan fingerprint density at radius 3 is 2.83 bits per heavy atom. The molecule has 18 heavy (non-hydrogen) atoms. The highest BCUT2D eigenvalue weighted by molar-refractivity contribution is 7.91. The van der Waals surface area contributed by atoms with Crippen LogP contribution in [0.2, 0.25) is 0 Å². The number of nitrogens with two attached hydrogens (primary N) is 1. The highest BCUT2D eigenvalue weighted by Crippen LogP contribution is 2.30. The van der Waals surface area contributed by atoms with E-state index in [-0.39, 0.29) is 6.54 Å². The normalized spacial score (nSPS) is 25.7. The Hall–Kier alpha value is -0.470. The van der Waals surface area contributed by atoms with Crippen molar-refractivity contribution in [2.45, 2.75) is 29.6 Å². The Morgan fingerprint density at radius 2 is 2.28 bits per heavy atom. The van der Waals surface area contributed by atoms with Gasteiger partial charge in [0.25, 0.3) is 10.0 Å². The highest BCUT2D eigenvalue weighted by atomic mass is 32.2. The summed E-state index contributed by atoms with van der Waals surface area (Å²) in [5.74, 6) is 0. The number of thiophene rings is 1. The Kier molecular flexibility index (Phi) is 3.80. The van der Waals surface area contributed by atoms with E-state index in [1.807, 2.05) is 0 Å². The summed E-state index contributed by atoms with van der Waals surface area (Å²) in [5.41, 5.74) is 4.54. The predicted molar refractivity (Wildman–Crippen MR) is 71.1 cm³/mol. The van der Waals surface area contributed by atoms with Crippen LogP contribution in [-0.2, 0) is 16.4 Å². The summed E-state index contributed by atoms with van der Waals surface area (Å²) in [4.78, 5) is 0.974. The SMILES string of the molecule is CC1(O)CCN(S(=O)(=O)c2ccc(CCN)s2)C1. The van der Waals surface area contributed by atoms with E-state index in [0.717, 1.165) is 4.88 Å². The minimum absolute atomic E-state index is 0.166. The van der Waals surface area contributed by atoms with Crippen molar-refractivity contribution < 1.29 is 13.5 Å². The zero-order chi connectivity index (χ0) is 13.4. The molecule has 0 aromatic carbocycles. The smallest absolute Gasteiger partial charge is 0.252 e. The fraction of sp³-hybridized carbons (Fsp3) is 0.636. The lowest BCUT2D eigenvalue weighted by Crippen LogP contribution is -2.33. The van der Waals surface area contributed by atoms with Crippen LogP contribution in [0.4, 0.5) is 0 Å². The van der Waals surface area contributed by atoms with Crippen molar-refractivity contribution in [1.29, 1.82) is 0 Å². The molecule has 1 atom stereocenters. The average Bonchev–Trinajstić information content (AvgIpc) is 2.86. The maximum absolute atomic E-state index is 12.3. The molecule has 3 N–H and O–H groups in total. The molecule has 1 aromatic heterocycles. The van der Waals surface area contributed by atoms with Gasteiger partial charge < -0.3 is 10.8 Å². The van der Waals surface area contributed by atoms with Crippen molar-refractivity contribution in [3.8, 4) is 0 Å². The molecule has 1 saturated heterocycles. The van der Waals surface area contributed by atoms with Crippen LogP contribution in [0.5, 0.6) is 0 Å². The third kappa shape index (κ3) is 2.75. The first-order valence-corrected chi connectivity index (χ1v) is 8.12. The van der Waals surface area contributed by atoms with Gasteiger partial charge in [-0.15, -0.1) is 11.3 Å². The van der Waals surface area contributed by atoms with Gasteiger partial charge in [0, 0.05) is 18.0 Å². The highest BCUT2D eigenvalue weighted by Gasteiger charge is 2.38. The van der Waals surface area contributed by atoms with Crippen molar-refractivity contribution in [3.05, 3.63) is 17.0 Å². The number of rotatable bonds is 4. The van der Waals surface area contributed by atoms with Crippen molar-refractivity contribution in [2.24, 2.45) is 5.73 Å². The first kappa shape index (κ1) is 14.0. The Labute approximate surface area is 111 Å². The first-order chi connectivity index (χ1) is 8.35. The summed E-state index contributed by atoms with van der Waals surface area (Å²) in [7, 11) is -3.46. The molecule has 2 heterocycles. The largest absolute Gasteiger partial charge is 0.389 e. The molecular weight excluding hydrogens is 272 g/mol. The van der Waals surface area contributed by atoms with E-state index in [2.05, 4.69) is 0 Å². The number of nitrogens with zero attached hydrogens (tertiary/aromatic N) is 1. The molecule has 7 heteroatoms. The zero-order valence-electron chi connectivity index (χ0n) is 10.3. The minimum atomic E-state index is -3.46. The van der Waals surface area contributed by atoms with Crippen LogP contribution in [0.3, 0.4) is 0 Å². The Morgan fingerprint density at radius 1 is 1.56 bits per heavy atom. The van der Waals surface area contributed by atoms with Crippen LogP contribution < -0.4 is 5.73 Å². The van der Waals surface area contributed by atoms with Gasteiger partial charge in [-0.05, 0) is 38.4 Å². The van der Waals surface area contributed by atoms with Crippen molar-refractivity contribution in [2.75, 3.05) is 19.6 Å². The van der Waals surface area contributed by atoms with E-state index < -0.39 is 15.6 Å². The lowest BCUT2D eigenvalue weighted by Gasteiger charge is -2.17. The summed E-state index contributed by atoms with van der Waals surface area (Å²) in [6.45, 7) is 2.72. The van der Waals surface area contributed by atoms with E-state index in [4.69, 9.17) is 5.73 Å². The van der Waals surface area contributed by atoms with Gasteiger partial charge in [-0.25, -0.2) is 8.42 Å². The quantitative estimate of drug-likeness (QED) is 0.840. The summed E-state index contributed by atoms with van der Waals surface area (Å²) in [5, 5.41) is 9.85. The number of hydrogen-bond acceptors (Lipinski definition) is 5. The van der Waals surface area contributed by atoms with Crippen LogP contribution in [0.25, 0.3) is 0 Å². The second-order valence-corrected chi connectivity index (χ2v) is 8.18. The molecule has 0 amide bonds. The maximum atomic E-state index is 12.3. The molecule has 0 saturated carbocycles. The van der Waals surface area contributed by atoms with Gasteiger partial charge >= 0.3 is 0 Å². The maximum Gasteiger partial charge on any atom is 0.252 e. The fourth-order valence-corrected chi connectivity index (χ4v) is 5.09. The number of β-amino-alcohol motifs (C(OH)–C–C–N with tert-alkyl or cyclic N) is 1. The Balaban J connectivity index is 2.20. The van der Waals surface area contributed by atoms with Gasteiger partial charge in [-0.1, -0.05) is 0 Å². The first-order valence-electron chi connectivity index (χ1n) is 5.86. The molecule has 0 bridgehead atoms. The summed E-state index contributed by atoms with van der Waals surface area (Å²) < 4.78 is 26.4. The lowest BCUT2D eigenvalue weighted by molar-refractivity contribution is 0.0762. The molecule has 1 aromatic rings. The molecule has 1 aliphatic heterocycles. The van der Waals surface area contributed by atoms with Gasteiger partial charge in [0.05, 0.1) is 5.60 Å². The molecule has 0 aliphatic carbocycles. The van der Waals surface area contributed by atoms with E-state index in [1.165, 1.54) is 15.6 Å². The minimum Gasteiger partial charge on any atom is -0.389 e. The predicted octanol–water partition coefficient (Wildman–Crippen LogP) is 0.395. The Bertz CT molecular complexity index is 522. The molecule has 0 spiro atoms. The van der Waals surface area contributed by atoms with Crippen molar-refractivity contribution in [1.82, 2.24) is 4.31 Å². The molecule has 1 fully saturated rings. The number of aliphatic hydroxyl groups is 1. The molecule has 1 aliphatic rings. The molecular formula is C11H18N2O3S2.